The third kappa shape index (κ3) is 9.07. The van der Waals surface area contributed by atoms with Crippen LogP contribution in [-0.2, 0) is 20.7 Å². The van der Waals surface area contributed by atoms with E-state index in [-0.39, 0.29) is 12.1 Å². The van der Waals surface area contributed by atoms with Crippen LogP contribution in [0.3, 0.4) is 0 Å². The van der Waals surface area contributed by atoms with Crippen molar-refractivity contribution >= 4 is 41.0 Å². The van der Waals surface area contributed by atoms with Gasteiger partial charge in [0, 0.05) is 29.8 Å². The van der Waals surface area contributed by atoms with Gasteiger partial charge in [-0.1, -0.05) is 62.8 Å². The normalized spacial score (nSPS) is 12.9. The molecule has 0 saturated heterocycles. The second kappa shape index (κ2) is 15.8. The Hall–Kier alpha value is -1.95. The maximum atomic E-state index is 9.82. The van der Waals surface area contributed by atoms with Gasteiger partial charge in [0.2, 0.25) is 0 Å². The largest absolute Gasteiger partial charge is 0.466 e. The Morgan fingerprint density at radius 2 is 1.85 bits per heavy atom. The van der Waals surface area contributed by atoms with Gasteiger partial charge in [-0.15, -0.1) is 0 Å². The number of rotatable bonds is 9. The minimum Gasteiger partial charge on any atom is -0.466 e. The number of anilines is 1. The molecule has 0 radical (unpaired) electrons. The highest BCUT2D eigenvalue weighted by atomic mass is 35.5. The highest BCUT2D eigenvalue weighted by molar-refractivity contribution is 7.79. The lowest BCUT2D eigenvalue weighted by Crippen LogP contribution is -2.12. The van der Waals surface area contributed by atoms with E-state index in [2.05, 4.69) is 35.2 Å². The monoisotopic (exact) mass is 491 g/mol. The van der Waals surface area contributed by atoms with Crippen molar-refractivity contribution in [3.8, 4) is 0 Å². The lowest BCUT2D eigenvalue weighted by atomic mass is 9.89. The molecule has 1 fully saturated rings. The topological polar surface area (TPSA) is 47.6 Å². The first kappa shape index (κ1) is 29.1. The molecule has 2 aromatic rings. The highest BCUT2D eigenvalue weighted by Crippen LogP contribution is 2.47. The van der Waals surface area contributed by atoms with Crippen LogP contribution in [0.5, 0.6) is 0 Å². The van der Waals surface area contributed by atoms with Gasteiger partial charge >= 0.3 is 5.97 Å². The van der Waals surface area contributed by atoms with Crippen LogP contribution < -0.4 is 5.32 Å². The van der Waals surface area contributed by atoms with E-state index >= 15 is 0 Å². The Labute approximate surface area is 210 Å². The van der Waals surface area contributed by atoms with E-state index in [0.717, 1.165) is 17.7 Å². The summed E-state index contributed by atoms with van der Waals surface area (Å²) in [5.74, 6) is 0.452. The summed E-state index contributed by atoms with van der Waals surface area (Å²) < 4.78 is 10.6. The van der Waals surface area contributed by atoms with Gasteiger partial charge in [0.15, 0.2) is 0 Å². The minimum absolute atomic E-state index is 0.150. The van der Waals surface area contributed by atoms with Crippen molar-refractivity contribution in [2.75, 3.05) is 18.5 Å². The van der Waals surface area contributed by atoms with Gasteiger partial charge in [-0.2, -0.15) is 0 Å². The predicted molar refractivity (Wildman–Crippen MR) is 144 cm³/mol. The van der Waals surface area contributed by atoms with Crippen LogP contribution in [-0.4, -0.2) is 24.7 Å². The second-order valence-corrected chi connectivity index (χ2v) is 7.97. The summed E-state index contributed by atoms with van der Waals surface area (Å²) in [5, 5.41) is 3.86. The SMILES string of the molecule is CC.CCOC(C)=O.CCO[C@@H](c1cc(Cl)ccc1NC=S)c1cccc(CC)c1C1CC1. The third-order valence-corrected chi connectivity index (χ3v) is 5.42. The van der Waals surface area contributed by atoms with Crippen LogP contribution in [0.1, 0.15) is 88.7 Å². The van der Waals surface area contributed by atoms with Crippen LogP contribution in [0.15, 0.2) is 36.4 Å². The van der Waals surface area contributed by atoms with Crippen molar-refractivity contribution in [3.63, 3.8) is 0 Å². The van der Waals surface area contributed by atoms with Crippen LogP contribution in [0.4, 0.5) is 5.69 Å². The summed E-state index contributed by atoms with van der Waals surface area (Å²) in [4.78, 5) is 9.82. The zero-order valence-corrected chi connectivity index (χ0v) is 22.3. The van der Waals surface area contributed by atoms with Gasteiger partial charge in [0.05, 0.1) is 12.1 Å². The number of esters is 1. The maximum Gasteiger partial charge on any atom is 0.302 e. The molecule has 1 aliphatic carbocycles. The molecule has 1 N–H and O–H groups in total. The second-order valence-electron chi connectivity index (χ2n) is 7.30. The predicted octanol–water partition coefficient (Wildman–Crippen LogP) is 7.87. The number of hydrogen-bond acceptors (Lipinski definition) is 4. The van der Waals surface area contributed by atoms with Gasteiger partial charge in [0.25, 0.3) is 0 Å². The fourth-order valence-corrected chi connectivity index (χ4v) is 4.01. The smallest absolute Gasteiger partial charge is 0.302 e. The van der Waals surface area contributed by atoms with Crippen molar-refractivity contribution in [3.05, 3.63) is 63.7 Å². The average molecular weight is 492 g/mol. The maximum absolute atomic E-state index is 9.82. The summed E-state index contributed by atoms with van der Waals surface area (Å²) in [6.07, 6.45) is 3.43. The van der Waals surface area contributed by atoms with Crippen molar-refractivity contribution in [2.24, 2.45) is 0 Å². The fraction of sp³-hybridized carbons (Fsp3) is 0.481. The molecule has 6 heteroatoms. The molecule has 182 valence electrons. The first-order valence-corrected chi connectivity index (χ1v) is 12.7. The zero-order valence-electron chi connectivity index (χ0n) is 20.7. The molecule has 0 aliphatic heterocycles. The Morgan fingerprint density at radius 1 is 1.15 bits per heavy atom. The first-order chi connectivity index (χ1) is 16.0. The van der Waals surface area contributed by atoms with E-state index in [1.807, 2.05) is 39.0 Å². The molecule has 0 bridgehead atoms. The Bertz CT molecular complexity index is 884. The summed E-state index contributed by atoms with van der Waals surface area (Å²) in [6, 6.07) is 12.4. The zero-order chi connectivity index (χ0) is 24.8. The van der Waals surface area contributed by atoms with Crippen LogP contribution in [0, 0.1) is 0 Å². The van der Waals surface area contributed by atoms with E-state index in [1.54, 1.807) is 6.92 Å². The molecule has 4 nitrogen and oxygen atoms in total. The van der Waals surface area contributed by atoms with Crippen molar-refractivity contribution < 1.29 is 14.3 Å². The Balaban J connectivity index is 0.000000593. The molecular weight excluding hydrogens is 454 g/mol. The quantitative estimate of drug-likeness (QED) is 0.285. The Kier molecular flexibility index (Phi) is 13.9. The number of halogens is 1. The first-order valence-electron chi connectivity index (χ1n) is 11.8. The van der Waals surface area contributed by atoms with Crippen LogP contribution in [0.2, 0.25) is 5.02 Å². The molecule has 1 atom stereocenters. The molecule has 0 unspecified atom stereocenters. The van der Waals surface area contributed by atoms with Gasteiger partial charge in [-0.3, -0.25) is 4.79 Å². The number of carbonyl (C=O) groups excluding carboxylic acids is 1. The van der Waals surface area contributed by atoms with Crippen LogP contribution >= 0.6 is 23.8 Å². The van der Waals surface area contributed by atoms with Gasteiger partial charge in [0.1, 0.15) is 6.10 Å². The molecule has 1 aliphatic rings. The number of hydrogen-bond donors (Lipinski definition) is 1. The molecule has 0 spiro atoms. The molecule has 0 aromatic heterocycles. The van der Waals surface area contributed by atoms with E-state index < -0.39 is 0 Å². The lowest BCUT2D eigenvalue weighted by molar-refractivity contribution is -0.140. The van der Waals surface area contributed by atoms with E-state index in [9.17, 15) is 4.79 Å². The summed E-state index contributed by atoms with van der Waals surface area (Å²) in [6.45, 7) is 12.5. The third-order valence-electron chi connectivity index (χ3n) is 5.07. The average Bonchev–Trinajstić information content (AvgIpc) is 3.65. The fourth-order valence-electron chi connectivity index (χ4n) is 3.70. The highest BCUT2D eigenvalue weighted by Gasteiger charge is 2.31. The molecular formula is C27H38ClNO3S. The number of nitrogens with one attached hydrogen (secondary N) is 1. The van der Waals surface area contributed by atoms with E-state index in [4.69, 9.17) is 28.6 Å². The summed E-state index contributed by atoms with van der Waals surface area (Å²) >= 11 is 11.3. The number of benzene rings is 2. The number of aryl methyl sites for hydroxylation is 1. The number of thiocarbonyl (C=S) groups is 1. The van der Waals surface area contributed by atoms with Gasteiger partial charge in [-0.25, -0.2) is 0 Å². The van der Waals surface area contributed by atoms with E-state index in [0.29, 0.717) is 24.2 Å². The molecule has 0 amide bonds. The standard InChI is InChI=1S/C21H24ClNOS.C4H8O2.C2H6/c1-3-14-6-5-7-17(20(14)15-8-9-15)21(24-4-2)18-12-16(22)10-11-19(18)23-13-25;1-3-6-4(2)5;1-2/h5-7,10-13,15,21H,3-4,8-9H2,1-2H3,(H,23,25);3H2,1-2H3;1-2H3/t21-;;/m1../s1. The molecule has 3 rings (SSSR count). The lowest BCUT2D eigenvalue weighted by Gasteiger charge is -2.25. The molecule has 33 heavy (non-hydrogen) atoms. The molecule has 0 heterocycles. The summed E-state index contributed by atoms with van der Waals surface area (Å²) in [5.41, 5.74) is 7.67. The molecule has 1 saturated carbocycles. The van der Waals surface area contributed by atoms with Crippen molar-refractivity contribution in [1.82, 2.24) is 0 Å². The van der Waals surface area contributed by atoms with Crippen LogP contribution in [0.25, 0.3) is 0 Å². The van der Waals surface area contributed by atoms with Gasteiger partial charge in [-0.05, 0) is 73.9 Å². The number of ether oxygens (including phenoxy) is 2. The van der Waals surface area contributed by atoms with Crippen molar-refractivity contribution in [1.29, 1.82) is 0 Å². The van der Waals surface area contributed by atoms with E-state index in [1.165, 1.54) is 41.9 Å². The summed E-state index contributed by atoms with van der Waals surface area (Å²) in [7, 11) is 0. The Morgan fingerprint density at radius 3 is 2.33 bits per heavy atom. The number of carbonyl (C=O) groups is 1. The minimum atomic E-state index is -0.211. The van der Waals surface area contributed by atoms with Gasteiger partial charge < -0.3 is 14.8 Å². The van der Waals surface area contributed by atoms with Crippen molar-refractivity contribution in [2.45, 2.75) is 72.8 Å². The molecule has 2 aromatic carbocycles.